The third-order valence-corrected chi connectivity index (χ3v) is 3.05. The van der Waals surface area contributed by atoms with Gasteiger partial charge in [0.2, 0.25) is 0 Å². The van der Waals surface area contributed by atoms with Crippen LogP contribution in [0.15, 0.2) is 48.5 Å². The van der Waals surface area contributed by atoms with Crippen LogP contribution in [0.2, 0.25) is 0 Å². The van der Waals surface area contributed by atoms with Crippen molar-refractivity contribution in [2.24, 2.45) is 0 Å². The monoisotopic (exact) mass is 438 g/mol. The fourth-order valence-electron chi connectivity index (χ4n) is 1.90. The summed E-state index contributed by atoms with van der Waals surface area (Å²) in [6.07, 6.45) is 0. The number of benzene rings is 2. The van der Waals surface area contributed by atoms with Crippen molar-refractivity contribution in [3.63, 3.8) is 0 Å². The van der Waals surface area contributed by atoms with Gasteiger partial charge in [0.05, 0.1) is 13.2 Å². The van der Waals surface area contributed by atoms with E-state index in [4.69, 9.17) is 21.7 Å². The Kier molecular flexibility index (Phi) is 8.79. The summed E-state index contributed by atoms with van der Waals surface area (Å²) in [6.45, 7) is 5.24. The van der Waals surface area contributed by atoms with Crippen molar-refractivity contribution in [2.75, 3.05) is 23.8 Å². The van der Waals surface area contributed by atoms with E-state index in [0.29, 0.717) is 18.3 Å². The second kappa shape index (κ2) is 10.3. The Morgan fingerprint density at radius 2 is 1.13 bits per heavy atom. The normalized spacial score (nSPS) is 9.48. The molecular weight excluding hydrogens is 415 g/mol. The number of thiocarbonyl (C=S) groups is 1. The molecular formula is C17H22N2O2SSn. The summed E-state index contributed by atoms with van der Waals surface area (Å²) in [6, 6.07) is 15.3. The molecule has 0 aliphatic rings. The number of nitrogens with one attached hydrogen (secondary N) is 2. The molecule has 0 fully saturated rings. The molecule has 0 amide bonds. The van der Waals surface area contributed by atoms with Crippen molar-refractivity contribution in [2.45, 2.75) is 13.8 Å². The van der Waals surface area contributed by atoms with Crippen LogP contribution in [0.1, 0.15) is 13.8 Å². The first-order valence-corrected chi connectivity index (χ1v) is 7.65. The molecule has 0 atom stereocenters. The van der Waals surface area contributed by atoms with E-state index in [2.05, 4.69) is 10.6 Å². The Hall–Kier alpha value is -1.47. The Labute approximate surface area is 159 Å². The van der Waals surface area contributed by atoms with Crippen LogP contribution in [0.25, 0.3) is 0 Å². The predicted molar refractivity (Wildman–Crippen MR) is 104 cm³/mol. The molecule has 0 saturated heterocycles. The zero-order chi connectivity index (χ0) is 15.8. The van der Waals surface area contributed by atoms with E-state index in [1.54, 1.807) is 0 Å². The average molecular weight is 437 g/mol. The number of rotatable bonds is 6. The fraction of sp³-hybridized carbons (Fsp3) is 0.235. The van der Waals surface area contributed by atoms with E-state index in [-0.39, 0.29) is 23.9 Å². The third kappa shape index (κ3) is 6.66. The van der Waals surface area contributed by atoms with Gasteiger partial charge in [-0.3, -0.25) is 0 Å². The van der Waals surface area contributed by atoms with E-state index in [1.807, 2.05) is 62.4 Å². The first-order valence-electron chi connectivity index (χ1n) is 7.25. The Bertz CT molecular complexity index is 549. The van der Waals surface area contributed by atoms with Gasteiger partial charge in [-0.15, -0.1) is 0 Å². The van der Waals surface area contributed by atoms with Crippen molar-refractivity contribution >= 4 is 52.6 Å². The molecule has 2 aromatic carbocycles. The standard InChI is InChI=1S/C17H20N2O2S.Sn.2H/c1-3-20-15-9-5-13(6-10-15)18-17(22)19-14-7-11-16(12-8-14)21-4-2;;;/h5-12H,3-4H2,1-2H3,(H2,18,19,22);;;. The van der Waals surface area contributed by atoms with Crippen LogP contribution in [-0.4, -0.2) is 42.2 Å². The maximum absolute atomic E-state index is 5.40. The third-order valence-electron chi connectivity index (χ3n) is 2.85. The first kappa shape index (κ1) is 19.6. The molecule has 2 N–H and O–H groups in total. The van der Waals surface area contributed by atoms with Crippen LogP contribution in [0.3, 0.4) is 0 Å². The molecule has 0 unspecified atom stereocenters. The molecule has 6 heteroatoms. The quantitative estimate of drug-likeness (QED) is 0.536. The molecule has 0 saturated carbocycles. The number of anilines is 2. The van der Waals surface area contributed by atoms with Gasteiger partial charge < -0.3 is 20.1 Å². The van der Waals surface area contributed by atoms with E-state index >= 15 is 0 Å². The summed E-state index contributed by atoms with van der Waals surface area (Å²) < 4.78 is 10.8. The van der Waals surface area contributed by atoms with Gasteiger partial charge in [-0.1, -0.05) is 0 Å². The van der Waals surface area contributed by atoms with Crippen LogP contribution < -0.4 is 20.1 Å². The van der Waals surface area contributed by atoms with Gasteiger partial charge in [0.1, 0.15) is 11.5 Å². The minimum atomic E-state index is 0. The Morgan fingerprint density at radius 1 is 0.783 bits per heavy atom. The van der Waals surface area contributed by atoms with Gasteiger partial charge in [-0.2, -0.15) is 0 Å². The molecule has 0 heterocycles. The van der Waals surface area contributed by atoms with Crippen molar-refractivity contribution in [1.82, 2.24) is 0 Å². The summed E-state index contributed by atoms with van der Waals surface area (Å²) in [5.74, 6) is 1.69. The molecule has 0 bridgehead atoms. The van der Waals surface area contributed by atoms with E-state index in [1.165, 1.54) is 0 Å². The zero-order valence-electron chi connectivity index (χ0n) is 13.5. The molecule has 4 nitrogen and oxygen atoms in total. The van der Waals surface area contributed by atoms with Gasteiger partial charge >= 0.3 is 23.9 Å². The number of ether oxygens (including phenoxy) is 2. The molecule has 0 aliphatic heterocycles. The minimum absolute atomic E-state index is 0. The summed E-state index contributed by atoms with van der Waals surface area (Å²) in [4.78, 5) is 0. The maximum atomic E-state index is 5.40. The second-order valence-corrected chi connectivity index (χ2v) is 4.90. The fourth-order valence-corrected chi connectivity index (χ4v) is 2.13. The molecule has 2 rings (SSSR count). The second-order valence-electron chi connectivity index (χ2n) is 4.49. The van der Waals surface area contributed by atoms with E-state index < -0.39 is 0 Å². The van der Waals surface area contributed by atoms with Crippen LogP contribution in [0.4, 0.5) is 11.4 Å². The number of hydrogen-bond donors (Lipinski definition) is 2. The van der Waals surface area contributed by atoms with Crippen LogP contribution in [0.5, 0.6) is 11.5 Å². The Balaban J connectivity index is 0.00000264. The van der Waals surface area contributed by atoms with Crippen molar-refractivity contribution < 1.29 is 9.47 Å². The molecule has 23 heavy (non-hydrogen) atoms. The molecule has 0 spiro atoms. The van der Waals surface area contributed by atoms with Gasteiger partial charge in [-0.25, -0.2) is 0 Å². The summed E-state index contributed by atoms with van der Waals surface area (Å²) in [5.41, 5.74) is 1.82. The van der Waals surface area contributed by atoms with Crippen molar-refractivity contribution in [3.8, 4) is 11.5 Å². The van der Waals surface area contributed by atoms with Gasteiger partial charge in [-0.05, 0) is 74.6 Å². The molecule has 122 valence electrons. The predicted octanol–water partition coefficient (Wildman–Crippen LogP) is 3.38. The van der Waals surface area contributed by atoms with Gasteiger partial charge in [0, 0.05) is 11.4 Å². The van der Waals surface area contributed by atoms with E-state index in [9.17, 15) is 0 Å². The Morgan fingerprint density at radius 3 is 1.43 bits per heavy atom. The van der Waals surface area contributed by atoms with Crippen LogP contribution >= 0.6 is 12.2 Å². The van der Waals surface area contributed by atoms with Crippen molar-refractivity contribution in [1.29, 1.82) is 0 Å². The zero-order valence-corrected chi connectivity index (χ0v) is 18.3. The summed E-state index contributed by atoms with van der Waals surface area (Å²) in [5, 5.41) is 6.80. The number of hydrogen-bond acceptors (Lipinski definition) is 3. The van der Waals surface area contributed by atoms with Crippen LogP contribution in [-0.2, 0) is 0 Å². The molecule has 0 aromatic heterocycles. The van der Waals surface area contributed by atoms with Crippen LogP contribution in [0, 0.1) is 0 Å². The van der Waals surface area contributed by atoms with Gasteiger partial charge in [0.15, 0.2) is 5.11 Å². The van der Waals surface area contributed by atoms with Gasteiger partial charge in [0.25, 0.3) is 0 Å². The van der Waals surface area contributed by atoms with Crippen molar-refractivity contribution in [3.05, 3.63) is 48.5 Å². The molecule has 2 radical (unpaired) electrons. The first-order chi connectivity index (χ1) is 10.7. The average Bonchev–Trinajstić information content (AvgIpc) is 2.52. The molecule has 2 aromatic rings. The topological polar surface area (TPSA) is 42.5 Å². The van der Waals surface area contributed by atoms with E-state index in [0.717, 1.165) is 22.9 Å². The summed E-state index contributed by atoms with van der Waals surface area (Å²) in [7, 11) is 0. The molecule has 0 aliphatic carbocycles. The SMILES string of the molecule is CCOc1ccc(NC(=S)Nc2ccc(OCC)cc2)cc1.[SnH2]. The summed E-state index contributed by atoms with van der Waals surface area (Å²) >= 11 is 5.30.